The van der Waals surface area contributed by atoms with Crippen molar-refractivity contribution in [3.8, 4) is 5.75 Å². The molecule has 2 aliphatic rings. The molecule has 1 saturated heterocycles. The Bertz CT molecular complexity index is 1430. The number of Topliss-reactive ketones (excluding diaryl/α,β-unsaturated/α-hetero) is 1. The number of pyridine rings is 1. The number of amides is 1. The molecule has 194 valence electrons. The summed E-state index contributed by atoms with van der Waals surface area (Å²) in [4.78, 5) is 44.6. The first-order valence-electron chi connectivity index (χ1n) is 12.5. The van der Waals surface area contributed by atoms with E-state index in [1.54, 1.807) is 67.0 Å². The first-order valence-corrected chi connectivity index (χ1v) is 12.5. The molecule has 0 bridgehead atoms. The minimum atomic E-state index is -0.911. The molecule has 0 radical (unpaired) electrons. The number of hydrogen-bond donors (Lipinski definition) is 1. The number of carbonyl (C=O) groups excluding carboxylic acids is 3. The molecule has 2 aromatic carbocycles. The van der Waals surface area contributed by atoms with Crippen LogP contribution in [0.2, 0.25) is 0 Å². The molecule has 5 rings (SSSR count). The van der Waals surface area contributed by atoms with Crippen molar-refractivity contribution in [3.63, 3.8) is 0 Å². The van der Waals surface area contributed by atoms with Crippen LogP contribution in [0.1, 0.15) is 53.9 Å². The lowest BCUT2D eigenvalue weighted by molar-refractivity contribution is -0.132. The number of hydrogen-bond acceptors (Lipinski definition) is 7. The molecule has 2 aliphatic heterocycles. The van der Waals surface area contributed by atoms with E-state index in [9.17, 15) is 19.5 Å². The van der Waals surface area contributed by atoms with Crippen molar-refractivity contribution in [2.24, 2.45) is 5.92 Å². The first kappa shape index (κ1) is 25.2. The molecule has 38 heavy (non-hydrogen) atoms. The van der Waals surface area contributed by atoms with Gasteiger partial charge in [0.15, 0.2) is 0 Å². The van der Waals surface area contributed by atoms with Crippen molar-refractivity contribution in [3.05, 3.63) is 94.8 Å². The highest BCUT2D eigenvalue weighted by molar-refractivity contribution is 6.51. The average molecular weight is 513 g/mol. The number of carbonyl (C=O) groups is 3. The maximum Gasteiger partial charge on any atom is 0.338 e. The molecule has 3 heterocycles. The predicted octanol–water partition coefficient (Wildman–Crippen LogP) is 4.84. The molecular formula is C30H28N2O6. The minimum absolute atomic E-state index is 0.0222. The summed E-state index contributed by atoms with van der Waals surface area (Å²) in [5.74, 6) is -1.38. The van der Waals surface area contributed by atoms with Gasteiger partial charge < -0.3 is 14.6 Å². The zero-order valence-electron chi connectivity index (χ0n) is 21.4. The van der Waals surface area contributed by atoms with E-state index >= 15 is 0 Å². The SMILES string of the molecule is CC(C)COC(=O)c1ccc(N2C(=O)C(=O)/C(=C(\O)c3ccc4c(c3)CC(C)O4)C2c2cccnc2)cc1. The molecular weight excluding hydrogens is 484 g/mol. The van der Waals surface area contributed by atoms with Gasteiger partial charge in [-0.3, -0.25) is 19.5 Å². The van der Waals surface area contributed by atoms with E-state index in [0.29, 0.717) is 35.4 Å². The second kappa shape index (κ2) is 10.1. The highest BCUT2D eigenvalue weighted by atomic mass is 16.5. The van der Waals surface area contributed by atoms with Crippen molar-refractivity contribution in [2.75, 3.05) is 11.5 Å². The van der Waals surface area contributed by atoms with Crippen LogP contribution in [-0.2, 0) is 20.7 Å². The summed E-state index contributed by atoms with van der Waals surface area (Å²) in [5, 5.41) is 11.4. The van der Waals surface area contributed by atoms with Crippen LogP contribution in [0.3, 0.4) is 0 Å². The number of benzene rings is 2. The maximum atomic E-state index is 13.4. The van der Waals surface area contributed by atoms with Crippen molar-refractivity contribution in [1.82, 2.24) is 4.98 Å². The van der Waals surface area contributed by atoms with Crippen molar-refractivity contribution >= 4 is 29.1 Å². The fourth-order valence-electron chi connectivity index (χ4n) is 4.76. The third kappa shape index (κ3) is 4.65. The Balaban J connectivity index is 1.56. The molecule has 8 nitrogen and oxygen atoms in total. The molecule has 1 fully saturated rings. The van der Waals surface area contributed by atoms with E-state index < -0.39 is 23.7 Å². The lowest BCUT2D eigenvalue weighted by atomic mass is 9.95. The van der Waals surface area contributed by atoms with Crippen LogP contribution < -0.4 is 9.64 Å². The van der Waals surface area contributed by atoms with Gasteiger partial charge in [0.2, 0.25) is 0 Å². The van der Waals surface area contributed by atoms with Crippen molar-refractivity contribution in [2.45, 2.75) is 39.3 Å². The summed E-state index contributed by atoms with van der Waals surface area (Å²) in [6.45, 7) is 6.15. The Hall–Kier alpha value is -4.46. The van der Waals surface area contributed by atoms with E-state index in [2.05, 4.69) is 4.98 Å². The monoisotopic (exact) mass is 512 g/mol. The molecule has 0 saturated carbocycles. The van der Waals surface area contributed by atoms with Crippen LogP contribution in [0.15, 0.2) is 72.6 Å². The van der Waals surface area contributed by atoms with Crippen LogP contribution in [0.4, 0.5) is 5.69 Å². The van der Waals surface area contributed by atoms with E-state index in [1.165, 1.54) is 4.90 Å². The number of aromatic nitrogens is 1. The van der Waals surface area contributed by atoms with Crippen LogP contribution in [0.5, 0.6) is 5.75 Å². The van der Waals surface area contributed by atoms with Gasteiger partial charge in [0.1, 0.15) is 17.6 Å². The minimum Gasteiger partial charge on any atom is -0.507 e. The predicted molar refractivity (Wildman–Crippen MR) is 141 cm³/mol. The van der Waals surface area contributed by atoms with Crippen LogP contribution in [0.25, 0.3) is 5.76 Å². The fourth-order valence-corrected chi connectivity index (χ4v) is 4.76. The van der Waals surface area contributed by atoms with Crippen molar-refractivity contribution in [1.29, 1.82) is 0 Å². The van der Waals surface area contributed by atoms with E-state index in [1.807, 2.05) is 20.8 Å². The topological polar surface area (TPSA) is 106 Å². The third-order valence-electron chi connectivity index (χ3n) is 6.54. The standard InChI is InChI=1S/C30H28N2O6/c1-17(2)16-37-30(36)19-6-9-23(10-7-19)32-26(21-5-4-12-31-15-21)25(28(34)29(32)35)27(33)20-8-11-24-22(14-20)13-18(3)38-24/h4-12,14-15,17-18,26,33H,13,16H2,1-3H3/b27-25-. The summed E-state index contributed by atoms with van der Waals surface area (Å²) in [6, 6.07) is 14.1. The lowest BCUT2D eigenvalue weighted by Crippen LogP contribution is -2.29. The van der Waals surface area contributed by atoms with Gasteiger partial charge in [0.25, 0.3) is 11.7 Å². The summed E-state index contributed by atoms with van der Waals surface area (Å²) < 4.78 is 11.0. The van der Waals surface area contributed by atoms with Crippen LogP contribution >= 0.6 is 0 Å². The molecule has 1 amide bonds. The van der Waals surface area contributed by atoms with E-state index in [0.717, 1.165) is 11.3 Å². The highest BCUT2D eigenvalue weighted by Crippen LogP contribution is 2.42. The molecule has 1 aromatic heterocycles. The smallest absolute Gasteiger partial charge is 0.338 e. The molecule has 3 aromatic rings. The number of esters is 1. The second-order valence-electron chi connectivity index (χ2n) is 9.95. The Labute approximate surface area is 220 Å². The number of fused-ring (bicyclic) bond motifs is 1. The Morgan fingerprint density at radius 3 is 2.55 bits per heavy atom. The Kier molecular flexibility index (Phi) is 6.72. The molecule has 0 spiro atoms. The zero-order chi connectivity index (χ0) is 27.0. The number of anilines is 1. The Morgan fingerprint density at radius 1 is 1.13 bits per heavy atom. The highest BCUT2D eigenvalue weighted by Gasteiger charge is 2.47. The average Bonchev–Trinajstić information content (AvgIpc) is 3.42. The van der Waals surface area contributed by atoms with Gasteiger partial charge in [-0.2, -0.15) is 0 Å². The summed E-state index contributed by atoms with van der Waals surface area (Å²) >= 11 is 0. The number of rotatable bonds is 6. The largest absolute Gasteiger partial charge is 0.507 e. The number of aliphatic hydroxyl groups excluding tert-OH is 1. The normalized spacial score (nSPS) is 19.9. The van der Waals surface area contributed by atoms with Gasteiger partial charge in [0.05, 0.1) is 23.8 Å². The first-order chi connectivity index (χ1) is 18.2. The number of ketones is 1. The van der Waals surface area contributed by atoms with Gasteiger partial charge in [-0.05, 0) is 72.5 Å². The van der Waals surface area contributed by atoms with Gasteiger partial charge in [0, 0.05) is 30.1 Å². The second-order valence-corrected chi connectivity index (χ2v) is 9.95. The quantitative estimate of drug-likeness (QED) is 0.218. The fraction of sp³-hybridized carbons (Fsp3) is 0.267. The van der Waals surface area contributed by atoms with Crippen molar-refractivity contribution < 1.29 is 29.0 Å². The number of ether oxygens (including phenoxy) is 2. The van der Waals surface area contributed by atoms with Gasteiger partial charge in [-0.15, -0.1) is 0 Å². The Morgan fingerprint density at radius 2 is 1.87 bits per heavy atom. The molecule has 2 unspecified atom stereocenters. The van der Waals surface area contributed by atoms with Crippen LogP contribution in [-0.4, -0.2) is 40.5 Å². The molecule has 0 aliphatic carbocycles. The van der Waals surface area contributed by atoms with Gasteiger partial charge in [-0.25, -0.2) is 4.79 Å². The maximum absolute atomic E-state index is 13.4. The summed E-state index contributed by atoms with van der Waals surface area (Å²) in [7, 11) is 0. The number of nitrogens with zero attached hydrogens (tertiary/aromatic N) is 2. The third-order valence-corrected chi connectivity index (χ3v) is 6.54. The molecule has 1 N–H and O–H groups in total. The van der Waals surface area contributed by atoms with Gasteiger partial charge in [-0.1, -0.05) is 19.9 Å². The van der Waals surface area contributed by atoms with E-state index in [-0.39, 0.29) is 23.4 Å². The lowest BCUT2D eigenvalue weighted by Gasteiger charge is -2.25. The summed E-state index contributed by atoms with van der Waals surface area (Å²) in [6.07, 6.45) is 3.86. The zero-order valence-corrected chi connectivity index (χ0v) is 21.4. The van der Waals surface area contributed by atoms with Gasteiger partial charge >= 0.3 is 5.97 Å². The molecule has 8 heteroatoms. The van der Waals surface area contributed by atoms with Crippen LogP contribution in [0, 0.1) is 5.92 Å². The number of aliphatic hydroxyl groups is 1. The molecule has 2 atom stereocenters. The van der Waals surface area contributed by atoms with E-state index in [4.69, 9.17) is 9.47 Å². The summed E-state index contributed by atoms with van der Waals surface area (Å²) in [5.41, 5.74) is 2.61.